The van der Waals surface area contributed by atoms with Gasteiger partial charge in [-0.15, -0.1) is 0 Å². The first kappa shape index (κ1) is 10.2. The molecule has 0 bridgehead atoms. The Morgan fingerprint density at radius 1 is 1.36 bits per heavy atom. The van der Waals surface area contributed by atoms with Crippen LogP contribution in [0, 0.1) is 13.8 Å². The van der Waals surface area contributed by atoms with Crippen molar-refractivity contribution in [3.05, 3.63) is 34.4 Å². The van der Waals surface area contributed by atoms with Crippen molar-refractivity contribution in [3.63, 3.8) is 0 Å². The summed E-state index contributed by atoms with van der Waals surface area (Å²) in [5, 5.41) is 20.1. The predicted molar refractivity (Wildman–Crippen MR) is 52.3 cm³/mol. The van der Waals surface area contributed by atoms with Gasteiger partial charge in [-0.2, -0.15) is 0 Å². The third-order valence-corrected chi connectivity index (χ3v) is 1.98. The first-order valence-corrected chi connectivity index (χ1v) is 4.08. The smallest absolute Gasteiger partial charge is 0.336 e. The van der Waals surface area contributed by atoms with E-state index in [0.717, 1.165) is 0 Å². The highest BCUT2D eigenvalue weighted by molar-refractivity contribution is 5.92. The fourth-order valence-corrected chi connectivity index (χ4v) is 1.48. The van der Waals surface area contributed by atoms with Gasteiger partial charge in [0.05, 0.1) is 11.8 Å². The van der Waals surface area contributed by atoms with Gasteiger partial charge in [0, 0.05) is 0 Å². The number of rotatable bonds is 2. The summed E-state index contributed by atoms with van der Waals surface area (Å²) in [6.45, 7) is 3.43. The van der Waals surface area contributed by atoms with Crippen LogP contribution < -0.4 is 0 Å². The molecule has 1 aromatic rings. The van der Waals surface area contributed by atoms with E-state index in [0.29, 0.717) is 22.3 Å². The van der Waals surface area contributed by atoms with Gasteiger partial charge < -0.3 is 10.3 Å². The summed E-state index contributed by atoms with van der Waals surface area (Å²) in [6, 6.07) is 3.33. The van der Waals surface area contributed by atoms with Gasteiger partial charge in [0.1, 0.15) is 0 Å². The average Bonchev–Trinajstić information content (AvgIpc) is 2.01. The van der Waals surface area contributed by atoms with E-state index in [4.69, 9.17) is 10.3 Å². The highest BCUT2D eigenvalue weighted by Crippen LogP contribution is 2.15. The van der Waals surface area contributed by atoms with Crippen LogP contribution in [0.5, 0.6) is 0 Å². The van der Waals surface area contributed by atoms with Gasteiger partial charge >= 0.3 is 5.97 Å². The van der Waals surface area contributed by atoms with Gasteiger partial charge in [0.2, 0.25) is 0 Å². The van der Waals surface area contributed by atoms with Crippen LogP contribution in [0.4, 0.5) is 0 Å². The van der Waals surface area contributed by atoms with Gasteiger partial charge in [-0.05, 0) is 42.7 Å². The van der Waals surface area contributed by atoms with E-state index in [2.05, 4.69) is 5.16 Å². The van der Waals surface area contributed by atoms with Crippen LogP contribution in [0.25, 0.3) is 0 Å². The number of hydrogen-bond donors (Lipinski definition) is 2. The molecule has 0 aliphatic carbocycles. The zero-order valence-corrected chi connectivity index (χ0v) is 7.98. The summed E-state index contributed by atoms with van der Waals surface area (Å²) in [7, 11) is 0. The van der Waals surface area contributed by atoms with Crippen LogP contribution in [0.1, 0.15) is 27.0 Å². The third-order valence-electron chi connectivity index (χ3n) is 1.98. The fourth-order valence-electron chi connectivity index (χ4n) is 1.48. The molecule has 0 atom stereocenters. The molecule has 2 N–H and O–H groups in total. The molecule has 4 nitrogen and oxygen atoms in total. The number of carboxylic acid groups (broad SMARTS) is 1. The molecule has 0 fully saturated rings. The second-order valence-electron chi connectivity index (χ2n) is 3.08. The van der Waals surface area contributed by atoms with E-state index in [9.17, 15) is 4.79 Å². The van der Waals surface area contributed by atoms with E-state index >= 15 is 0 Å². The number of hydrogen-bond acceptors (Lipinski definition) is 3. The quantitative estimate of drug-likeness (QED) is 0.427. The van der Waals surface area contributed by atoms with Gasteiger partial charge in [-0.3, -0.25) is 0 Å². The lowest BCUT2D eigenvalue weighted by Crippen LogP contribution is -2.04. The monoisotopic (exact) mass is 193 g/mol. The van der Waals surface area contributed by atoms with Crippen molar-refractivity contribution < 1.29 is 15.1 Å². The molecular formula is C10H11NO3. The number of carbonyl (C=O) groups is 1. The van der Waals surface area contributed by atoms with Crippen molar-refractivity contribution in [3.8, 4) is 0 Å². The summed E-state index contributed by atoms with van der Waals surface area (Å²) < 4.78 is 0. The lowest BCUT2D eigenvalue weighted by atomic mass is 10.00. The molecule has 0 unspecified atom stereocenters. The molecule has 1 aromatic carbocycles. The molecule has 0 radical (unpaired) electrons. The highest BCUT2D eigenvalue weighted by atomic mass is 16.4. The molecule has 0 aliphatic rings. The SMILES string of the molecule is Cc1cc(/C=N/O)cc(C)c1C(=O)O. The predicted octanol–water partition coefficient (Wildman–Crippen LogP) is 1.81. The summed E-state index contributed by atoms with van der Waals surface area (Å²) >= 11 is 0. The minimum absolute atomic E-state index is 0.306. The van der Waals surface area contributed by atoms with Crippen molar-refractivity contribution in [2.75, 3.05) is 0 Å². The van der Waals surface area contributed by atoms with Gasteiger partial charge in [-0.25, -0.2) is 4.79 Å². The standard InChI is InChI=1S/C10H11NO3/c1-6-3-8(5-11-14)4-7(2)9(6)10(12)13/h3-5,14H,1-2H3,(H,12,13)/b11-5+. The first-order valence-electron chi connectivity index (χ1n) is 4.08. The second-order valence-corrected chi connectivity index (χ2v) is 3.08. The van der Waals surface area contributed by atoms with E-state index in [1.807, 2.05) is 0 Å². The van der Waals surface area contributed by atoms with Crippen LogP contribution in [0.15, 0.2) is 17.3 Å². The Morgan fingerprint density at radius 2 is 1.86 bits per heavy atom. The Balaban J connectivity index is 3.32. The molecule has 0 saturated carbocycles. The van der Waals surface area contributed by atoms with Crippen molar-refractivity contribution in [2.24, 2.45) is 5.16 Å². The molecule has 0 aromatic heterocycles. The Bertz CT molecular complexity index is 373. The number of nitrogens with zero attached hydrogens (tertiary/aromatic N) is 1. The van der Waals surface area contributed by atoms with Crippen molar-refractivity contribution in [2.45, 2.75) is 13.8 Å². The summed E-state index contributed by atoms with van der Waals surface area (Å²) in [5.41, 5.74) is 2.31. The number of aromatic carboxylic acids is 1. The Labute approximate surface area is 81.5 Å². The zero-order chi connectivity index (χ0) is 10.7. The maximum Gasteiger partial charge on any atom is 0.336 e. The van der Waals surface area contributed by atoms with Gasteiger partial charge in [-0.1, -0.05) is 5.16 Å². The minimum atomic E-state index is -0.938. The fraction of sp³-hybridized carbons (Fsp3) is 0.200. The summed E-state index contributed by atoms with van der Waals surface area (Å²) in [4.78, 5) is 10.8. The topological polar surface area (TPSA) is 69.9 Å². The number of aryl methyl sites for hydroxylation is 2. The molecule has 74 valence electrons. The van der Waals surface area contributed by atoms with Crippen LogP contribution >= 0.6 is 0 Å². The largest absolute Gasteiger partial charge is 0.478 e. The third kappa shape index (κ3) is 1.90. The highest BCUT2D eigenvalue weighted by Gasteiger charge is 2.10. The van der Waals surface area contributed by atoms with Crippen LogP contribution in [-0.2, 0) is 0 Å². The summed E-state index contributed by atoms with van der Waals surface area (Å²) in [5.74, 6) is -0.938. The molecule has 0 amide bonds. The Hall–Kier alpha value is -1.84. The Morgan fingerprint density at radius 3 is 2.21 bits per heavy atom. The maximum absolute atomic E-state index is 10.8. The van der Waals surface area contributed by atoms with Crippen molar-refractivity contribution in [1.29, 1.82) is 0 Å². The van der Waals surface area contributed by atoms with Crippen LogP contribution in [0.2, 0.25) is 0 Å². The minimum Gasteiger partial charge on any atom is -0.478 e. The molecule has 0 saturated heterocycles. The van der Waals surface area contributed by atoms with E-state index in [-0.39, 0.29) is 0 Å². The number of carboxylic acids is 1. The summed E-state index contributed by atoms with van der Waals surface area (Å²) in [6.07, 6.45) is 1.27. The van der Waals surface area contributed by atoms with Crippen LogP contribution in [-0.4, -0.2) is 22.5 Å². The van der Waals surface area contributed by atoms with Crippen molar-refractivity contribution in [1.82, 2.24) is 0 Å². The van der Waals surface area contributed by atoms with Gasteiger partial charge in [0.25, 0.3) is 0 Å². The Kier molecular flexibility index (Phi) is 2.86. The molecule has 4 heteroatoms. The molecular weight excluding hydrogens is 182 g/mol. The van der Waals surface area contributed by atoms with Crippen LogP contribution in [0.3, 0.4) is 0 Å². The van der Waals surface area contributed by atoms with Crippen molar-refractivity contribution >= 4 is 12.2 Å². The van der Waals surface area contributed by atoms with E-state index < -0.39 is 5.97 Å². The average molecular weight is 193 g/mol. The molecule has 0 aliphatic heterocycles. The molecule has 1 rings (SSSR count). The second kappa shape index (κ2) is 3.91. The van der Waals surface area contributed by atoms with Gasteiger partial charge in [0.15, 0.2) is 0 Å². The molecule has 14 heavy (non-hydrogen) atoms. The lowest BCUT2D eigenvalue weighted by molar-refractivity contribution is 0.0695. The van der Waals surface area contributed by atoms with E-state index in [1.165, 1.54) is 6.21 Å². The molecule has 0 heterocycles. The zero-order valence-electron chi connectivity index (χ0n) is 7.98. The number of oxime groups is 1. The number of benzene rings is 1. The normalized spacial score (nSPS) is 10.7. The lowest BCUT2D eigenvalue weighted by Gasteiger charge is -2.05. The first-order chi connectivity index (χ1) is 6.56. The maximum atomic E-state index is 10.8. The molecule has 0 spiro atoms. The van der Waals surface area contributed by atoms with E-state index in [1.54, 1.807) is 26.0 Å².